The number of thiophene rings is 2. The number of nitrogens with one attached hydrogen (secondary N) is 2. The van der Waals surface area contributed by atoms with Gasteiger partial charge in [0.05, 0.1) is 8.66 Å². The van der Waals surface area contributed by atoms with Crippen LogP contribution in [-0.4, -0.2) is 14.3 Å². The minimum Gasteiger partial charge on any atom is -0.273 e. The van der Waals surface area contributed by atoms with Crippen LogP contribution in [-0.2, 0) is 10.0 Å². The third-order valence-electron chi connectivity index (χ3n) is 1.86. The van der Waals surface area contributed by atoms with E-state index in [1.165, 1.54) is 17.4 Å². The highest BCUT2D eigenvalue weighted by atomic mass is 79.9. The number of hydrazine groups is 1. The average molecular weight is 367 g/mol. The second kappa shape index (κ2) is 5.49. The molecule has 0 aliphatic rings. The molecule has 1 amide bonds. The minimum atomic E-state index is -3.71. The number of hydrogen-bond donors (Lipinski definition) is 2. The van der Waals surface area contributed by atoms with E-state index in [1.54, 1.807) is 23.6 Å². The molecule has 0 saturated carbocycles. The Morgan fingerprint density at radius 1 is 1.28 bits per heavy atom. The zero-order valence-electron chi connectivity index (χ0n) is 8.71. The molecule has 0 radical (unpaired) electrons. The van der Waals surface area contributed by atoms with E-state index in [1.807, 2.05) is 4.83 Å². The molecule has 2 N–H and O–H groups in total. The number of hydrogen-bond acceptors (Lipinski definition) is 5. The second-order valence-electron chi connectivity index (χ2n) is 3.10. The Morgan fingerprint density at radius 3 is 2.61 bits per heavy atom. The van der Waals surface area contributed by atoms with Gasteiger partial charge in [-0.3, -0.25) is 10.2 Å². The second-order valence-corrected chi connectivity index (χ2v) is 8.42. The molecule has 18 heavy (non-hydrogen) atoms. The molecule has 2 aromatic rings. The molecule has 0 aromatic carbocycles. The first-order chi connectivity index (χ1) is 8.49. The normalized spacial score (nSPS) is 11.4. The van der Waals surface area contributed by atoms with Crippen LogP contribution in [0.2, 0.25) is 0 Å². The van der Waals surface area contributed by atoms with Gasteiger partial charge in [0.2, 0.25) is 0 Å². The number of carbonyl (C=O) groups is 1. The SMILES string of the molecule is O=C(NNS(=O)(=O)c1ccc(Br)s1)c1cccs1. The van der Waals surface area contributed by atoms with E-state index in [2.05, 4.69) is 21.4 Å². The predicted octanol–water partition coefficient (Wildman–Crippen LogP) is 2.20. The van der Waals surface area contributed by atoms with Gasteiger partial charge in [-0.05, 0) is 39.5 Å². The molecule has 0 unspecified atom stereocenters. The Kier molecular flexibility index (Phi) is 4.17. The molecule has 2 rings (SSSR count). The van der Waals surface area contributed by atoms with Crippen molar-refractivity contribution in [3.05, 3.63) is 38.3 Å². The lowest BCUT2D eigenvalue weighted by molar-refractivity contribution is 0.0949. The van der Waals surface area contributed by atoms with Crippen molar-refractivity contribution in [2.45, 2.75) is 4.21 Å². The maximum absolute atomic E-state index is 11.8. The van der Waals surface area contributed by atoms with Gasteiger partial charge in [-0.2, -0.15) is 0 Å². The van der Waals surface area contributed by atoms with Gasteiger partial charge in [0.25, 0.3) is 15.9 Å². The molecule has 5 nitrogen and oxygen atoms in total. The summed E-state index contributed by atoms with van der Waals surface area (Å²) in [5.41, 5.74) is 2.16. The maximum atomic E-state index is 11.8. The molecule has 2 heterocycles. The van der Waals surface area contributed by atoms with Gasteiger partial charge in [-0.1, -0.05) is 6.07 Å². The smallest absolute Gasteiger partial charge is 0.273 e. The van der Waals surface area contributed by atoms with Gasteiger partial charge in [0, 0.05) is 0 Å². The average Bonchev–Trinajstić information content (AvgIpc) is 2.96. The lowest BCUT2D eigenvalue weighted by Gasteiger charge is -2.05. The van der Waals surface area contributed by atoms with Gasteiger partial charge in [-0.25, -0.2) is 8.42 Å². The van der Waals surface area contributed by atoms with Crippen LogP contribution in [0.3, 0.4) is 0 Å². The van der Waals surface area contributed by atoms with Gasteiger partial charge < -0.3 is 0 Å². The van der Waals surface area contributed by atoms with Gasteiger partial charge >= 0.3 is 0 Å². The summed E-state index contributed by atoms with van der Waals surface area (Å²) in [5, 5.41) is 1.74. The number of amides is 1. The Labute approximate surface area is 120 Å². The van der Waals surface area contributed by atoms with Gasteiger partial charge in [0.1, 0.15) is 4.21 Å². The van der Waals surface area contributed by atoms with E-state index < -0.39 is 15.9 Å². The van der Waals surface area contributed by atoms with Crippen LogP contribution in [0.1, 0.15) is 9.67 Å². The molecule has 0 atom stereocenters. The van der Waals surface area contributed by atoms with Crippen molar-refractivity contribution in [3.8, 4) is 0 Å². The van der Waals surface area contributed by atoms with Crippen LogP contribution < -0.4 is 10.3 Å². The fourth-order valence-corrected chi connectivity index (χ4v) is 4.54. The lowest BCUT2D eigenvalue weighted by atomic mass is 10.5. The number of halogens is 1. The van der Waals surface area contributed by atoms with Crippen molar-refractivity contribution in [1.29, 1.82) is 0 Å². The number of carbonyl (C=O) groups excluding carboxylic acids is 1. The highest BCUT2D eigenvalue weighted by molar-refractivity contribution is 9.11. The third kappa shape index (κ3) is 3.18. The maximum Gasteiger partial charge on any atom is 0.276 e. The van der Waals surface area contributed by atoms with Crippen molar-refractivity contribution in [2.75, 3.05) is 0 Å². The van der Waals surface area contributed by atoms with Crippen molar-refractivity contribution in [1.82, 2.24) is 10.3 Å². The number of sulfonamides is 1. The molecule has 0 spiro atoms. The van der Waals surface area contributed by atoms with Crippen LogP contribution in [0.4, 0.5) is 0 Å². The molecular formula is C9H7BrN2O3S3. The lowest BCUT2D eigenvalue weighted by Crippen LogP contribution is -2.40. The van der Waals surface area contributed by atoms with E-state index in [0.29, 0.717) is 8.66 Å². The monoisotopic (exact) mass is 366 g/mol. The first-order valence-corrected chi connectivity index (χ1v) is 8.57. The van der Waals surface area contributed by atoms with E-state index in [9.17, 15) is 13.2 Å². The quantitative estimate of drug-likeness (QED) is 0.814. The fraction of sp³-hybridized carbons (Fsp3) is 0. The molecule has 0 bridgehead atoms. The molecule has 9 heteroatoms. The molecule has 0 saturated heterocycles. The summed E-state index contributed by atoms with van der Waals surface area (Å²) in [4.78, 5) is 14.0. The van der Waals surface area contributed by atoms with Crippen LogP contribution >= 0.6 is 38.6 Å². The number of rotatable bonds is 4. The highest BCUT2D eigenvalue weighted by Crippen LogP contribution is 2.25. The van der Waals surface area contributed by atoms with Gasteiger partial charge in [0.15, 0.2) is 0 Å². The Balaban J connectivity index is 2.04. The molecule has 0 aliphatic heterocycles. The largest absolute Gasteiger partial charge is 0.276 e. The first kappa shape index (κ1) is 13.7. The summed E-state index contributed by atoms with van der Waals surface area (Å²) in [6.07, 6.45) is 0. The van der Waals surface area contributed by atoms with E-state index in [0.717, 1.165) is 11.3 Å². The first-order valence-electron chi connectivity index (χ1n) is 4.60. The molecule has 0 fully saturated rings. The Hall–Kier alpha value is -0.740. The summed E-state index contributed by atoms with van der Waals surface area (Å²) in [6.45, 7) is 0. The minimum absolute atomic E-state index is 0.126. The zero-order chi connectivity index (χ0) is 13.2. The predicted molar refractivity (Wildman–Crippen MR) is 74.1 cm³/mol. The summed E-state index contributed by atoms with van der Waals surface area (Å²) in [5.74, 6) is -0.482. The molecule has 96 valence electrons. The van der Waals surface area contributed by atoms with E-state index in [-0.39, 0.29) is 4.21 Å². The third-order valence-corrected chi connectivity index (χ3v) is 6.09. The van der Waals surface area contributed by atoms with E-state index in [4.69, 9.17) is 0 Å². The molecular weight excluding hydrogens is 360 g/mol. The summed E-state index contributed by atoms with van der Waals surface area (Å²) in [6, 6.07) is 6.40. The van der Waals surface area contributed by atoms with Crippen LogP contribution in [0.25, 0.3) is 0 Å². The molecule has 0 aliphatic carbocycles. The summed E-state index contributed by atoms with van der Waals surface area (Å²) < 4.78 is 24.4. The van der Waals surface area contributed by atoms with Crippen molar-refractivity contribution >= 4 is 54.5 Å². The van der Waals surface area contributed by atoms with Crippen molar-refractivity contribution in [2.24, 2.45) is 0 Å². The highest BCUT2D eigenvalue weighted by Gasteiger charge is 2.17. The fourth-order valence-electron chi connectivity index (χ4n) is 1.08. The topological polar surface area (TPSA) is 75.3 Å². The Morgan fingerprint density at radius 2 is 2.06 bits per heavy atom. The van der Waals surface area contributed by atoms with Crippen LogP contribution in [0.5, 0.6) is 0 Å². The zero-order valence-corrected chi connectivity index (χ0v) is 12.7. The summed E-state index contributed by atoms with van der Waals surface area (Å²) >= 11 is 5.47. The van der Waals surface area contributed by atoms with Crippen LogP contribution in [0, 0.1) is 0 Å². The molecule has 2 aromatic heterocycles. The summed E-state index contributed by atoms with van der Waals surface area (Å²) in [7, 11) is -3.71. The standard InChI is InChI=1S/C9H7BrN2O3S3/c10-7-3-4-8(17-7)18(14,15)12-11-9(13)6-2-1-5-16-6/h1-5,12H,(H,11,13). The van der Waals surface area contributed by atoms with E-state index >= 15 is 0 Å². The van der Waals surface area contributed by atoms with Gasteiger partial charge in [-0.15, -0.1) is 27.5 Å². The van der Waals surface area contributed by atoms with Crippen molar-refractivity contribution in [3.63, 3.8) is 0 Å². The van der Waals surface area contributed by atoms with Crippen LogP contribution in [0.15, 0.2) is 37.6 Å². The Bertz CT molecular complexity index is 648. The van der Waals surface area contributed by atoms with Crippen molar-refractivity contribution < 1.29 is 13.2 Å².